The van der Waals surface area contributed by atoms with Crippen LogP contribution < -0.4 is 0 Å². The van der Waals surface area contributed by atoms with Gasteiger partial charge in [-0.2, -0.15) is 0 Å². The maximum absolute atomic E-state index is 12.1. The molecule has 0 aromatic heterocycles. The molecule has 2 rings (SSSR count). The van der Waals surface area contributed by atoms with Gasteiger partial charge in [-0.25, -0.2) is 0 Å². The van der Waals surface area contributed by atoms with Gasteiger partial charge in [-0.1, -0.05) is 6.92 Å². The van der Waals surface area contributed by atoms with Crippen LogP contribution >= 0.6 is 0 Å². The Hall–Kier alpha value is -1.10. The van der Waals surface area contributed by atoms with Crippen molar-refractivity contribution in [1.82, 2.24) is 4.90 Å². The average Bonchev–Trinajstić information content (AvgIpc) is 2.16. The molecule has 1 amide bonds. The third kappa shape index (κ3) is 1.69. The molecule has 16 heavy (non-hydrogen) atoms. The van der Waals surface area contributed by atoms with Crippen LogP contribution in [-0.4, -0.2) is 48.2 Å². The second kappa shape index (κ2) is 4.05. The fourth-order valence-electron chi connectivity index (χ4n) is 2.16. The number of amides is 1. The Balaban J connectivity index is 2.04. The van der Waals surface area contributed by atoms with Gasteiger partial charge in [-0.3, -0.25) is 9.59 Å². The highest BCUT2D eigenvalue weighted by atomic mass is 16.5. The molecule has 0 aliphatic carbocycles. The van der Waals surface area contributed by atoms with E-state index in [0.717, 1.165) is 12.8 Å². The maximum Gasteiger partial charge on any atom is 0.324 e. The van der Waals surface area contributed by atoms with Crippen LogP contribution in [0.4, 0.5) is 0 Å². The minimum absolute atomic E-state index is 0.0211. The quantitative estimate of drug-likeness (QED) is 0.691. The maximum atomic E-state index is 12.1. The van der Waals surface area contributed by atoms with Crippen molar-refractivity contribution in [2.24, 2.45) is 11.3 Å². The lowest BCUT2D eigenvalue weighted by Crippen LogP contribution is -2.60. The number of piperidine rings is 1. The summed E-state index contributed by atoms with van der Waals surface area (Å²) < 4.78 is 4.90. The Morgan fingerprint density at radius 3 is 2.25 bits per heavy atom. The van der Waals surface area contributed by atoms with Gasteiger partial charge in [0.2, 0.25) is 5.91 Å². The Bertz CT molecular complexity index is 303. The van der Waals surface area contributed by atoms with Crippen LogP contribution in [0.2, 0.25) is 0 Å². The normalized spacial score (nSPS) is 24.9. The molecule has 2 aliphatic rings. The first-order valence-electron chi connectivity index (χ1n) is 5.67. The van der Waals surface area contributed by atoms with Gasteiger partial charge in [0.25, 0.3) is 0 Å². The number of aliphatic carboxylic acids is 1. The van der Waals surface area contributed by atoms with E-state index in [-0.39, 0.29) is 19.1 Å². The highest BCUT2D eigenvalue weighted by molar-refractivity contribution is 6.03. The Labute approximate surface area is 94.4 Å². The fraction of sp³-hybridized carbons (Fsp3) is 0.818. The second-order valence-electron chi connectivity index (χ2n) is 4.85. The first kappa shape index (κ1) is 11.4. The lowest BCUT2D eigenvalue weighted by Gasteiger charge is -2.41. The zero-order chi connectivity index (χ0) is 11.8. The average molecular weight is 227 g/mol. The van der Waals surface area contributed by atoms with Crippen molar-refractivity contribution in [3.05, 3.63) is 0 Å². The first-order valence-corrected chi connectivity index (χ1v) is 5.67. The number of likely N-dealkylation sites (tertiary alicyclic amines) is 1. The number of carbonyl (C=O) groups excluding carboxylic acids is 1. The van der Waals surface area contributed by atoms with Crippen molar-refractivity contribution in [1.29, 1.82) is 0 Å². The van der Waals surface area contributed by atoms with Crippen molar-refractivity contribution in [3.8, 4) is 0 Å². The largest absolute Gasteiger partial charge is 0.480 e. The molecule has 2 saturated heterocycles. The molecule has 1 N–H and O–H groups in total. The van der Waals surface area contributed by atoms with Gasteiger partial charge in [0.1, 0.15) is 0 Å². The van der Waals surface area contributed by atoms with Crippen LogP contribution in [0.25, 0.3) is 0 Å². The lowest BCUT2D eigenvalue weighted by atomic mass is 9.83. The number of carboxylic acids is 1. The molecular weight excluding hydrogens is 210 g/mol. The number of hydrogen-bond donors (Lipinski definition) is 1. The first-order chi connectivity index (χ1) is 7.56. The number of carbonyl (C=O) groups is 2. The number of carboxylic acid groups (broad SMARTS) is 1. The molecule has 5 heteroatoms. The highest BCUT2D eigenvalue weighted by Crippen LogP contribution is 2.32. The molecule has 0 spiro atoms. The van der Waals surface area contributed by atoms with Gasteiger partial charge < -0.3 is 14.7 Å². The van der Waals surface area contributed by atoms with E-state index in [1.807, 2.05) is 0 Å². The van der Waals surface area contributed by atoms with Crippen LogP contribution in [-0.2, 0) is 14.3 Å². The van der Waals surface area contributed by atoms with Gasteiger partial charge in [0, 0.05) is 13.1 Å². The van der Waals surface area contributed by atoms with E-state index in [1.54, 1.807) is 4.90 Å². The van der Waals surface area contributed by atoms with E-state index in [9.17, 15) is 9.59 Å². The topological polar surface area (TPSA) is 66.8 Å². The molecular formula is C11H17NO4. The van der Waals surface area contributed by atoms with E-state index in [1.165, 1.54) is 0 Å². The monoisotopic (exact) mass is 227 g/mol. The zero-order valence-corrected chi connectivity index (χ0v) is 9.44. The van der Waals surface area contributed by atoms with Crippen molar-refractivity contribution < 1.29 is 19.4 Å². The molecule has 0 aromatic carbocycles. The summed E-state index contributed by atoms with van der Waals surface area (Å²) in [4.78, 5) is 24.9. The van der Waals surface area contributed by atoms with Crippen molar-refractivity contribution in [2.45, 2.75) is 19.8 Å². The van der Waals surface area contributed by atoms with Gasteiger partial charge >= 0.3 is 5.97 Å². The molecule has 0 saturated carbocycles. The molecule has 0 aromatic rings. The molecule has 2 fully saturated rings. The lowest BCUT2D eigenvalue weighted by molar-refractivity contribution is -0.191. The third-order valence-corrected chi connectivity index (χ3v) is 3.59. The van der Waals surface area contributed by atoms with Crippen molar-refractivity contribution >= 4 is 11.9 Å². The summed E-state index contributed by atoms with van der Waals surface area (Å²) in [6.45, 7) is 3.55. The summed E-state index contributed by atoms with van der Waals surface area (Å²) in [7, 11) is 0. The van der Waals surface area contributed by atoms with E-state index in [2.05, 4.69) is 6.92 Å². The fourth-order valence-corrected chi connectivity index (χ4v) is 2.16. The Morgan fingerprint density at radius 2 is 1.88 bits per heavy atom. The Kier molecular flexibility index (Phi) is 2.88. The minimum Gasteiger partial charge on any atom is -0.480 e. The van der Waals surface area contributed by atoms with Crippen LogP contribution in [0.1, 0.15) is 19.8 Å². The smallest absolute Gasteiger partial charge is 0.324 e. The standard InChI is InChI=1S/C11H17NO4/c1-8-2-4-12(5-3-8)9(13)11(10(14)15)6-16-7-11/h8H,2-7H2,1H3,(H,14,15). The van der Waals surface area contributed by atoms with Crippen molar-refractivity contribution in [2.75, 3.05) is 26.3 Å². The summed E-state index contributed by atoms with van der Waals surface area (Å²) in [5.74, 6) is -0.692. The molecule has 0 radical (unpaired) electrons. The van der Waals surface area contributed by atoms with Gasteiger partial charge in [-0.15, -0.1) is 0 Å². The molecule has 0 atom stereocenters. The number of nitrogens with zero attached hydrogens (tertiary/aromatic N) is 1. The van der Waals surface area contributed by atoms with E-state index in [0.29, 0.717) is 19.0 Å². The van der Waals surface area contributed by atoms with E-state index >= 15 is 0 Å². The summed E-state index contributed by atoms with van der Waals surface area (Å²) in [5.41, 5.74) is -1.29. The highest BCUT2D eigenvalue weighted by Gasteiger charge is 2.55. The number of hydrogen-bond acceptors (Lipinski definition) is 3. The Morgan fingerprint density at radius 1 is 1.31 bits per heavy atom. The van der Waals surface area contributed by atoms with Gasteiger partial charge in [0.15, 0.2) is 5.41 Å². The zero-order valence-electron chi connectivity index (χ0n) is 9.44. The van der Waals surface area contributed by atoms with Crippen LogP contribution in [0, 0.1) is 11.3 Å². The summed E-state index contributed by atoms with van der Waals surface area (Å²) in [6, 6.07) is 0. The molecule has 0 unspecified atom stereocenters. The molecule has 90 valence electrons. The molecule has 0 bridgehead atoms. The predicted octanol–water partition coefficient (Wildman–Crippen LogP) is 0.346. The summed E-state index contributed by atoms with van der Waals surface area (Å²) in [6.07, 6.45) is 1.92. The van der Waals surface area contributed by atoms with Crippen molar-refractivity contribution in [3.63, 3.8) is 0 Å². The minimum atomic E-state index is -1.29. The summed E-state index contributed by atoms with van der Waals surface area (Å²) in [5, 5.41) is 9.11. The number of ether oxygens (including phenoxy) is 1. The third-order valence-electron chi connectivity index (χ3n) is 3.59. The summed E-state index contributed by atoms with van der Waals surface area (Å²) >= 11 is 0. The predicted molar refractivity (Wildman–Crippen MR) is 55.9 cm³/mol. The second-order valence-corrected chi connectivity index (χ2v) is 4.85. The van der Waals surface area contributed by atoms with Gasteiger partial charge in [-0.05, 0) is 18.8 Å². The number of rotatable bonds is 2. The molecule has 2 heterocycles. The van der Waals surface area contributed by atoms with Crippen LogP contribution in [0.3, 0.4) is 0 Å². The molecule has 5 nitrogen and oxygen atoms in total. The van der Waals surface area contributed by atoms with Gasteiger partial charge in [0.05, 0.1) is 13.2 Å². The van der Waals surface area contributed by atoms with E-state index in [4.69, 9.17) is 9.84 Å². The van der Waals surface area contributed by atoms with Crippen LogP contribution in [0.15, 0.2) is 0 Å². The van der Waals surface area contributed by atoms with E-state index < -0.39 is 11.4 Å². The molecule has 2 aliphatic heterocycles. The van der Waals surface area contributed by atoms with Crippen LogP contribution in [0.5, 0.6) is 0 Å². The SMILES string of the molecule is CC1CCN(C(=O)C2(C(=O)O)COC2)CC1.